The molecule has 5 rings (SSSR count). The topological polar surface area (TPSA) is 103 Å². The normalized spacial score (nSPS) is 17.3. The van der Waals surface area contributed by atoms with Gasteiger partial charge in [-0.3, -0.25) is 5.10 Å². The Hall–Kier alpha value is -2.56. The predicted molar refractivity (Wildman–Crippen MR) is 121 cm³/mol. The Morgan fingerprint density at radius 2 is 2.00 bits per heavy atom. The zero-order valence-corrected chi connectivity index (χ0v) is 18.6. The summed E-state index contributed by atoms with van der Waals surface area (Å²) in [5.74, 6) is 0.103. The molecular weight excluding hydrogens is 418 g/mol. The number of rotatable bonds is 4. The first-order valence-electron chi connectivity index (χ1n) is 9.84. The van der Waals surface area contributed by atoms with E-state index in [1.54, 1.807) is 36.0 Å². The molecule has 0 amide bonds. The maximum atomic E-state index is 10.5. The van der Waals surface area contributed by atoms with Crippen molar-refractivity contribution in [3.8, 4) is 27.6 Å². The van der Waals surface area contributed by atoms with Crippen molar-refractivity contribution in [2.75, 3.05) is 18.0 Å². The molecular formula is C20H23N7OS2. The number of hydrogen-bond acceptors (Lipinski definition) is 9. The minimum Gasteiger partial charge on any atom is -0.506 e. The number of aromatic nitrogens is 5. The van der Waals surface area contributed by atoms with E-state index >= 15 is 0 Å². The molecule has 8 nitrogen and oxygen atoms in total. The van der Waals surface area contributed by atoms with Gasteiger partial charge in [0, 0.05) is 48.2 Å². The third-order valence-electron chi connectivity index (χ3n) is 4.96. The molecule has 0 bridgehead atoms. The summed E-state index contributed by atoms with van der Waals surface area (Å²) in [7, 11) is 0. The van der Waals surface area contributed by atoms with E-state index in [2.05, 4.69) is 46.2 Å². The quantitative estimate of drug-likeness (QED) is 0.442. The Morgan fingerprint density at radius 1 is 1.17 bits per heavy atom. The summed E-state index contributed by atoms with van der Waals surface area (Å²) in [4.78, 5) is 18.0. The first kappa shape index (κ1) is 19.4. The lowest BCUT2D eigenvalue weighted by Crippen LogP contribution is -2.44. The van der Waals surface area contributed by atoms with Gasteiger partial charge in [-0.05, 0) is 33.3 Å². The molecule has 1 unspecified atom stereocenters. The van der Waals surface area contributed by atoms with Crippen molar-refractivity contribution in [2.45, 2.75) is 38.8 Å². The van der Waals surface area contributed by atoms with Crippen LogP contribution in [0.3, 0.4) is 0 Å². The average molecular weight is 442 g/mol. The Bertz CT molecular complexity index is 1140. The number of thiazole rings is 2. The molecule has 30 heavy (non-hydrogen) atoms. The van der Waals surface area contributed by atoms with Gasteiger partial charge in [0.1, 0.15) is 16.5 Å². The van der Waals surface area contributed by atoms with Gasteiger partial charge in [0.15, 0.2) is 14.8 Å². The van der Waals surface area contributed by atoms with Crippen molar-refractivity contribution in [3.05, 3.63) is 24.7 Å². The maximum absolute atomic E-state index is 10.5. The third kappa shape index (κ3) is 3.78. The third-order valence-corrected chi connectivity index (χ3v) is 7.06. The van der Waals surface area contributed by atoms with E-state index in [1.165, 1.54) is 11.3 Å². The van der Waals surface area contributed by atoms with Crippen LogP contribution in [-0.4, -0.2) is 54.9 Å². The van der Waals surface area contributed by atoms with E-state index in [9.17, 15) is 5.11 Å². The van der Waals surface area contributed by atoms with Crippen LogP contribution in [0.4, 0.5) is 5.13 Å². The van der Waals surface area contributed by atoms with E-state index in [0.717, 1.165) is 45.4 Å². The van der Waals surface area contributed by atoms with E-state index in [1.807, 2.05) is 0 Å². The van der Waals surface area contributed by atoms with Crippen molar-refractivity contribution in [1.29, 1.82) is 0 Å². The van der Waals surface area contributed by atoms with Gasteiger partial charge in [-0.1, -0.05) is 22.7 Å². The lowest BCUT2D eigenvalue weighted by atomic mass is 10.1. The zero-order valence-electron chi connectivity index (χ0n) is 17.0. The van der Waals surface area contributed by atoms with Crippen LogP contribution in [0.5, 0.6) is 5.75 Å². The molecule has 0 spiro atoms. The van der Waals surface area contributed by atoms with Crippen molar-refractivity contribution in [3.63, 3.8) is 0 Å². The summed E-state index contributed by atoms with van der Waals surface area (Å²) in [6.07, 6.45) is 6.30. The smallest absolute Gasteiger partial charge is 0.188 e. The molecule has 3 N–H and O–H groups in total. The molecule has 5 heterocycles. The number of pyridine rings is 1. The largest absolute Gasteiger partial charge is 0.506 e. The van der Waals surface area contributed by atoms with Crippen LogP contribution in [0, 0.1) is 0 Å². The standard InChI is InChI=1S/C20H23N7OS2/c1-20(2,3)26-13-4-5-27(10-13)19-25-18-17(30-19)24-16(29-18)15-14(28)6-11(7-21-15)12-8-22-23-9-12/h6-9,13,26,28H,4-5,10H2,1-3H3,(H,22,23). The molecule has 0 saturated carbocycles. The molecule has 4 aromatic heterocycles. The lowest BCUT2D eigenvalue weighted by molar-refractivity contribution is 0.373. The number of nitrogens with one attached hydrogen (secondary N) is 2. The van der Waals surface area contributed by atoms with Crippen LogP contribution in [0.2, 0.25) is 0 Å². The summed E-state index contributed by atoms with van der Waals surface area (Å²) in [5, 5.41) is 22.6. The number of hydrogen-bond donors (Lipinski definition) is 3. The number of fused-ring (bicyclic) bond motifs is 1. The summed E-state index contributed by atoms with van der Waals surface area (Å²) in [6, 6.07) is 2.17. The lowest BCUT2D eigenvalue weighted by Gasteiger charge is -2.25. The summed E-state index contributed by atoms with van der Waals surface area (Å²) in [5.41, 5.74) is 2.27. The number of aromatic amines is 1. The van der Waals surface area contributed by atoms with Gasteiger partial charge in [-0.2, -0.15) is 5.10 Å². The van der Waals surface area contributed by atoms with E-state index in [4.69, 9.17) is 9.97 Å². The van der Waals surface area contributed by atoms with Crippen LogP contribution in [0.15, 0.2) is 24.7 Å². The molecule has 156 valence electrons. The van der Waals surface area contributed by atoms with Crippen molar-refractivity contribution >= 4 is 37.5 Å². The molecule has 10 heteroatoms. The fourth-order valence-electron chi connectivity index (χ4n) is 3.72. The highest BCUT2D eigenvalue weighted by atomic mass is 32.1. The highest BCUT2D eigenvalue weighted by Crippen LogP contribution is 2.39. The monoisotopic (exact) mass is 441 g/mol. The molecule has 4 aromatic rings. The number of aromatic hydroxyl groups is 1. The SMILES string of the molecule is CC(C)(C)NC1CCN(c2nc3sc(-c4ncc(-c5cn[nH]c5)cc4O)nc3s2)C1. The van der Waals surface area contributed by atoms with Crippen LogP contribution in [0.25, 0.3) is 31.5 Å². The average Bonchev–Trinajstić information content (AvgIpc) is 3.43. The minimum absolute atomic E-state index is 0.103. The molecule has 0 radical (unpaired) electrons. The summed E-state index contributed by atoms with van der Waals surface area (Å²) < 4.78 is 0. The molecule has 1 aliphatic rings. The Labute approximate surface area is 182 Å². The van der Waals surface area contributed by atoms with Crippen molar-refractivity contribution in [1.82, 2.24) is 30.5 Å². The highest BCUT2D eigenvalue weighted by Gasteiger charge is 2.28. The molecule has 1 aliphatic heterocycles. The van der Waals surface area contributed by atoms with Crippen LogP contribution < -0.4 is 10.2 Å². The Morgan fingerprint density at radius 3 is 2.70 bits per heavy atom. The highest BCUT2D eigenvalue weighted by molar-refractivity contribution is 7.29. The fraction of sp³-hybridized carbons (Fsp3) is 0.400. The van der Waals surface area contributed by atoms with Gasteiger partial charge in [0.05, 0.1) is 6.20 Å². The van der Waals surface area contributed by atoms with E-state index in [0.29, 0.717) is 16.7 Å². The Balaban J connectivity index is 1.36. The predicted octanol–water partition coefficient (Wildman–Crippen LogP) is 3.88. The van der Waals surface area contributed by atoms with Crippen LogP contribution in [-0.2, 0) is 0 Å². The molecule has 0 aromatic carbocycles. The fourth-order valence-corrected chi connectivity index (χ4v) is 5.80. The first-order valence-corrected chi connectivity index (χ1v) is 11.5. The zero-order chi connectivity index (χ0) is 20.9. The second-order valence-corrected chi connectivity index (χ2v) is 10.5. The summed E-state index contributed by atoms with van der Waals surface area (Å²) >= 11 is 3.06. The molecule has 1 atom stereocenters. The van der Waals surface area contributed by atoms with Crippen LogP contribution in [0.1, 0.15) is 27.2 Å². The number of H-pyrrole nitrogens is 1. The molecule has 1 fully saturated rings. The van der Waals surface area contributed by atoms with Gasteiger partial charge in [-0.25, -0.2) is 15.0 Å². The van der Waals surface area contributed by atoms with Crippen LogP contribution >= 0.6 is 22.7 Å². The van der Waals surface area contributed by atoms with Gasteiger partial charge in [-0.15, -0.1) is 0 Å². The molecule has 1 saturated heterocycles. The van der Waals surface area contributed by atoms with Crippen molar-refractivity contribution in [2.24, 2.45) is 0 Å². The van der Waals surface area contributed by atoms with Gasteiger partial charge in [0.25, 0.3) is 0 Å². The van der Waals surface area contributed by atoms with Gasteiger partial charge in [0.2, 0.25) is 0 Å². The molecule has 0 aliphatic carbocycles. The van der Waals surface area contributed by atoms with Gasteiger partial charge < -0.3 is 15.3 Å². The Kier molecular flexibility index (Phi) is 4.72. The van der Waals surface area contributed by atoms with Crippen molar-refractivity contribution < 1.29 is 5.11 Å². The van der Waals surface area contributed by atoms with E-state index < -0.39 is 0 Å². The van der Waals surface area contributed by atoms with E-state index in [-0.39, 0.29) is 11.3 Å². The first-order chi connectivity index (χ1) is 14.4. The maximum Gasteiger partial charge on any atom is 0.188 e. The van der Waals surface area contributed by atoms with Gasteiger partial charge >= 0.3 is 0 Å². The minimum atomic E-state index is 0.103. The number of nitrogens with zero attached hydrogens (tertiary/aromatic N) is 5. The second-order valence-electron chi connectivity index (χ2n) is 8.53. The second kappa shape index (κ2) is 7.29. The summed E-state index contributed by atoms with van der Waals surface area (Å²) in [6.45, 7) is 8.56. The number of anilines is 1.